The summed E-state index contributed by atoms with van der Waals surface area (Å²) < 4.78 is 0.688. The maximum Gasteiger partial charge on any atom is 0.270 e. The van der Waals surface area contributed by atoms with Crippen molar-refractivity contribution in [2.45, 2.75) is 6.42 Å². The molecule has 0 spiro atoms. The van der Waals surface area contributed by atoms with Crippen LogP contribution in [0.1, 0.15) is 16.8 Å². The number of carbonyl (C=O) groups excluding carboxylic acids is 2. The molecular formula is C20H23BrN4O2. The Morgan fingerprint density at radius 3 is 2.26 bits per heavy atom. The highest BCUT2D eigenvalue weighted by Crippen LogP contribution is 2.16. The summed E-state index contributed by atoms with van der Waals surface area (Å²) in [6.07, 6.45) is 0.349. The summed E-state index contributed by atoms with van der Waals surface area (Å²) in [6, 6.07) is 17.4. The van der Waals surface area contributed by atoms with E-state index in [0.717, 1.165) is 26.2 Å². The summed E-state index contributed by atoms with van der Waals surface area (Å²) in [5.74, 6) is -0.534. The van der Waals surface area contributed by atoms with E-state index in [1.165, 1.54) is 5.69 Å². The molecule has 1 saturated heterocycles. The van der Waals surface area contributed by atoms with E-state index in [-0.39, 0.29) is 11.8 Å². The molecule has 0 aromatic heterocycles. The maximum atomic E-state index is 12.1. The van der Waals surface area contributed by atoms with E-state index < -0.39 is 0 Å². The summed E-state index contributed by atoms with van der Waals surface area (Å²) >= 11 is 3.32. The Kier molecular flexibility index (Phi) is 6.84. The van der Waals surface area contributed by atoms with Gasteiger partial charge in [0.1, 0.15) is 0 Å². The molecule has 2 aromatic carbocycles. The van der Waals surface area contributed by atoms with Crippen molar-refractivity contribution >= 4 is 33.4 Å². The Morgan fingerprint density at radius 2 is 1.56 bits per heavy atom. The average Bonchev–Trinajstić information content (AvgIpc) is 2.72. The fourth-order valence-corrected chi connectivity index (χ4v) is 3.49. The first-order chi connectivity index (χ1) is 13.1. The van der Waals surface area contributed by atoms with Gasteiger partial charge in [0.05, 0.1) is 5.56 Å². The molecule has 0 atom stereocenters. The highest BCUT2D eigenvalue weighted by Gasteiger charge is 2.18. The Hall–Kier alpha value is -2.38. The predicted octanol–water partition coefficient (Wildman–Crippen LogP) is 2.42. The number of rotatable bonds is 5. The number of nitrogens with zero attached hydrogens (tertiary/aromatic N) is 2. The van der Waals surface area contributed by atoms with Crippen molar-refractivity contribution in [3.8, 4) is 0 Å². The van der Waals surface area contributed by atoms with Gasteiger partial charge in [-0.1, -0.05) is 30.3 Å². The number of hydrazine groups is 1. The van der Waals surface area contributed by atoms with Crippen LogP contribution in [0.4, 0.5) is 5.69 Å². The molecule has 1 aliphatic heterocycles. The third-order valence-electron chi connectivity index (χ3n) is 4.58. The normalized spacial score (nSPS) is 14.6. The van der Waals surface area contributed by atoms with Crippen molar-refractivity contribution in [3.05, 3.63) is 64.6 Å². The molecule has 2 N–H and O–H groups in total. The number of carbonyl (C=O) groups is 2. The van der Waals surface area contributed by atoms with E-state index in [2.05, 4.69) is 48.7 Å². The van der Waals surface area contributed by atoms with Gasteiger partial charge in [-0.05, 0) is 40.2 Å². The van der Waals surface area contributed by atoms with E-state index in [1.807, 2.05) is 24.3 Å². The van der Waals surface area contributed by atoms with Gasteiger partial charge in [0, 0.05) is 49.3 Å². The second kappa shape index (κ2) is 9.53. The highest BCUT2D eigenvalue weighted by atomic mass is 79.9. The molecule has 3 rings (SSSR count). The first kappa shape index (κ1) is 19.4. The topological polar surface area (TPSA) is 64.7 Å². The first-order valence-electron chi connectivity index (χ1n) is 8.99. The molecule has 0 bridgehead atoms. The van der Waals surface area contributed by atoms with E-state index in [1.54, 1.807) is 18.2 Å². The number of benzene rings is 2. The minimum atomic E-state index is -0.340. The zero-order valence-corrected chi connectivity index (χ0v) is 16.6. The molecule has 0 unspecified atom stereocenters. The number of hydrogen-bond acceptors (Lipinski definition) is 4. The molecule has 6 nitrogen and oxygen atoms in total. The molecule has 0 radical (unpaired) electrons. The lowest BCUT2D eigenvalue weighted by molar-refractivity contribution is -0.122. The number of anilines is 1. The molecule has 0 aliphatic carbocycles. The summed E-state index contributed by atoms with van der Waals surface area (Å²) in [7, 11) is 0. The molecular weight excluding hydrogens is 408 g/mol. The molecule has 1 fully saturated rings. The quantitative estimate of drug-likeness (QED) is 0.714. The molecule has 1 heterocycles. The molecule has 142 valence electrons. The van der Waals surface area contributed by atoms with Crippen LogP contribution >= 0.6 is 15.9 Å². The zero-order valence-electron chi connectivity index (χ0n) is 15.0. The van der Waals surface area contributed by atoms with Gasteiger partial charge in [-0.2, -0.15) is 0 Å². The van der Waals surface area contributed by atoms with Gasteiger partial charge in [-0.15, -0.1) is 0 Å². The molecule has 2 amide bonds. The smallest absolute Gasteiger partial charge is 0.270 e. The van der Waals surface area contributed by atoms with Crippen LogP contribution in [-0.4, -0.2) is 49.4 Å². The Labute approximate surface area is 167 Å². The summed E-state index contributed by atoms with van der Waals surface area (Å²) in [6.45, 7) is 4.42. The standard InChI is InChI=1S/C20H23BrN4O2/c21-18-9-5-4-8-17(18)20(27)23-22-19(26)10-11-24-12-14-25(15-13-24)16-6-2-1-3-7-16/h1-9H,10-15H2,(H,22,26)(H,23,27). The van der Waals surface area contributed by atoms with Crippen LogP contribution in [0.15, 0.2) is 59.1 Å². The number of amides is 2. The summed E-state index contributed by atoms with van der Waals surface area (Å²) in [5.41, 5.74) is 6.67. The zero-order chi connectivity index (χ0) is 19.1. The van der Waals surface area contributed by atoms with Gasteiger partial charge in [0.25, 0.3) is 5.91 Å². The van der Waals surface area contributed by atoms with Crippen molar-refractivity contribution in [1.29, 1.82) is 0 Å². The SMILES string of the molecule is O=C(CCN1CCN(c2ccccc2)CC1)NNC(=O)c1ccccc1Br. The average molecular weight is 431 g/mol. The number of hydrogen-bond donors (Lipinski definition) is 2. The number of nitrogens with one attached hydrogen (secondary N) is 2. The highest BCUT2D eigenvalue weighted by molar-refractivity contribution is 9.10. The lowest BCUT2D eigenvalue weighted by Gasteiger charge is -2.36. The van der Waals surface area contributed by atoms with Crippen LogP contribution in [0, 0.1) is 0 Å². The van der Waals surface area contributed by atoms with Crippen LogP contribution in [0.2, 0.25) is 0 Å². The largest absolute Gasteiger partial charge is 0.369 e. The van der Waals surface area contributed by atoms with Crippen molar-refractivity contribution in [2.24, 2.45) is 0 Å². The van der Waals surface area contributed by atoms with Crippen LogP contribution in [0.25, 0.3) is 0 Å². The summed E-state index contributed by atoms with van der Waals surface area (Å²) in [4.78, 5) is 28.7. The minimum absolute atomic E-state index is 0.194. The van der Waals surface area contributed by atoms with E-state index in [9.17, 15) is 9.59 Å². The van der Waals surface area contributed by atoms with Gasteiger partial charge in [-0.25, -0.2) is 0 Å². The number of para-hydroxylation sites is 1. The lowest BCUT2D eigenvalue weighted by atomic mass is 10.2. The van der Waals surface area contributed by atoms with Crippen molar-refractivity contribution in [2.75, 3.05) is 37.6 Å². The van der Waals surface area contributed by atoms with Crippen molar-refractivity contribution in [1.82, 2.24) is 15.8 Å². The second-order valence-electron chi connectivity index (χ2n) is 6.40. The van der Waals surface area contributed by atoms with Crippen LogP contribution in [0.3, 0.4) is 0 Å². The molecule has 1 aliphatic rings. The third-order valence-corrected chi connectivity index (χ3v) is 5.27. The Morgan fingerprint density at radius 1 is 0.889 bits per heavy atom. The second-order valence-corrected chi connectivity index (χ2v) is 7.25. The monoisotopic (exact) mass is 430 g/mol. The number of halogens is 1. The minimum Gasteiger partial charge on any atom is -0.369 e. The van der Waals surface area contributed by atoms with Gasteiger partial charge < -0.3 is 4.90 Å². The van der Waals surface area contributed by atoms with E-state index >= 15 is 0 Å². The van der Waals surface area contributed by atoms with Gasteiger partial charge in [0.15, 0.2) is 0 Å². The van der Waals surface area contributed by atoms with Crippen molar-refractivity contribution < 1.29 is 9.59 Å². The van der Waals surface area contributed by atoms with Crippen LogP contribution < -0.4 is 15.8 Å². The van der Waals surface area contributed by atoms with Gasteiger partial charge in [0.2, 0.25) is 5.91 Å². The Bertz CT molecular complexity index is 777. The fourth-order valence-electron chi connectivity index (χ4n) is 3.03. The van der Waals surface area contributed by atoms with E-state index in [4.69, 9.17) is 0 Å². The lowest BCUT2D eigenvalue weighted by Crippen LogP contribution is -2.48. The van der Waals surface area contributed by atoms with Gasteiger partial charge >= 0.3 is 0 Å². The third kappa shape index (κ3) is 5.55. The first-order valence-corrected chi connectivity index (χ1v) is 9.79. The summed E-state index contributed by atoms with van der Waals surface area (Å²) in [5, 5.41) is 0. The maximum absolute atomic E-state index is 12.1. The van der Waals surface area contributed by atoms with Gasteiger partial charge in [-0.3, -0.25) is 25.3 Å². The predicted molar refractivity (Wildman–Crippen MR) is 109 cm³/mol. The van der Waals surface area contributed by atoms with Crippen LogP contribution in [-0.2, 0) is 4.79 Å². The van der Waals surface area contributed by atoms with Crippen LogP contribution in [0.5, 0.6) is 0 Å². The fraction of sp³-hybridized carbons (Fsp3) is 0.300. The molecule has 27 heavy (non-hydrogen) atoms. The molecule has 2 aromatic rings. The van der Waals surface area contributed by atoms with E-state index in [0.29, 0.717) is 23.0 Å². The molecule has 0 saturated carbocycles. The van der Waals surface area contributed by atoms with Crippen molar-refractivity contribution in [3.63, 3.8) is 0 Å². The molecule has 7 heteroatoms. The Balaban J connectivity index is 1.36. The number of piperazine rings is 1.